The number of carbonyl (C=O) groups is 1. The number of nitrogens with zero attached hydrogens (tertiary/aromatic N) is 3. The van der Waals surface area contributed by atoms with Crippen molar-refractivity contribution in [3.63, 3.8) is 0 Å². The largest absolute Gasteiger partial charge is 0.497 e. The van der Waals surface area contributed by atoms with Gasteiger partial charge in [0.05, 0.1) is 24.1 Å². The van der Waals surface area contributed by atoms with Crippen LogP contribution >= 0.6 is 0 Å². The van der Waals surface area contributed by atoms with Crippen LogP contribution in [0, 0.1) is 6.92 Å². The van der Waals surface area contributed by atoms with Gasteiger partial charge in [-0.1, -0.05) is 0 Å². The Kier molecular flexibility index (Phi) is 4.30. The van der Waals surface area contributed by atoms with Crippen LogP contribution in [0.5, 0.6) is 5.75 Å². The molecule has 3 aromatic heterocycles. The Balaban J connectivity index is 1.66. The number of methoxy groups -OCH3 is 1. The molecule has 0 aliphatic rings. The van der Waals surface area contributed by atoms with E-state index in [2.05, 4.69) is 10.3 Å². The summed E-state index contributed by atoms with van der Waals surface area (Å²) in [6, 6.07) is 15.0. The van der Waals surface area contributed by atoms with E-state index in [4.69, 9.17) is 9.72 Å². The summed E-state index contributed by atoms with van der Waals surface area (Å²) in [5, 5.41) is 2.90. The Labute approximate surface area is 156 Å². The van der Waals surface area contributed by atoms with E-state index < -0.39 is 0 Å². The molecule has 4 rings (SSSR count). The number of aryl methyl sites for hydroxylation is 1. The van der Waals surface area contributed by atoms with Crippen LogP contribution < -0.4 is 10.1 Å². The topological polar surface area (TPSA) is 68.5 Å². The zero-order chi connectivity index (χ0) is 18.8. The molecule has 27 heavy (non-hydrogen) atoms. The zero-order valence-corrected chi connectivity index (χ0v) is 15.0. The minimum Gasteiger partial charge on any atom is -0.497 e. The third kappa shape index (κ3) is 3.25. The van der Waals surface area contributed by atoms with Gasteiger partial charge in [0.2, 0.25) is 0 Å². The maximum atomic E-state index is 12.3. The van der Waals surface area contributed by atoms with Crippen LogP contribution in [0.3, 0.4) is 0 Å². The Morgan fingerprint density at radius 1 is 1.11 bits per heavy atom. The molecule has 1 N–H and O–H groups in total. The normalized spacial score (nSPS) is 10.7. The maximum Gasteiger partial charge on any atom is 0.257 e. The number of pyridine rings is 2. The summed E-state index contributed by atoms with van der Waals surface area (Å²) in [5.41, 5.74) is 4.92. The quantitative estimate of drug-likeness (QED) is 0.599. The number of nitrogens with one attached hydrogen (secondary N) is 1. The van der Waals surface area contributed by atoms with Crippen molar-refractivity contribution >= 4 is 17.2 Å². The Hall–Kier alpha value is -3.67. The first-order valence-corrected chi connectivity index (χ1v) is 8.50. The van der Waals surface area contributed by atoms with Crippen molar-refractivity contribution in [3.05, 3.63) is 78.4 Å². The molecule has 0 saturated carbocycles. The summed E-state index contributed by atoms with van der Waals surface area (Å²) >= 11 is 0. The van der Waals surface area contributed by atoms with Gasteiger partial charge in [-0.25, -0.2) is 4.98 Å². The summed E-state index contributed by atoms with van der Waals surface area (Å²) in [6.45, 7) is 2.01. The Bertz CT molecular complexity index is 1100. The van der Waals surface area contributed by atoms with Crippen LogP contribution in [0.15, 0.2) is 67.1 Å². The standard InChI is InChI=1S/C21H18N4O2/c1-14-20(15-5-8-18(27-2)9-6-15)24-19-10-7-17(13-25(14)19)23-21(26)16-4-3-11-22-12-16/h3-13H,1-2H3,(H,23,26). The lowest BCUT2D eigenvalue weighted by Crippen LogP contribution is -2.12. The molecule has 1 amide bonds. The second-order valence-electron chi connectivity index (χ2n) is 6.12. The molecular weight excluding hydrogens is 340 g/mol. The molecule has 3 heterocycles. The number of ether oxygens (including phenoxy) is 1. The second-order valence-corrected chi connectivity index (χ2v) is 6.12. The molecule has 0 fully saturated rings. The van der Waals surface area contributed by atoms with Gasteiger partial charge < -0.3 is 14.5 Å². The molecule has 0 aliphatic carbocycles. The fraction of sp³-hybridized carbons (Fsp3) is 0.0952. The lowest BCUT2D eigenvalue weighted by Gasteiger charge is -2.06. The number of imidazole rings is 1. The van der Waals surface area contributed by atoms with Crippen LogP contribution in [0.2, 0.25) is 0 Å². The molecule has 0 aliphatic heterocycles. The van der Waals surface area contributed by atoms with Crippen molar-refractivity contribution in [1.82, 2.24) is 14.4 Å². The third-order valence-electron chi connectivity index (χ3n) is 4.40. The van der Waals surface area contributed by atoms with Crippen molar-refractivity contribution in [2.45, 2.75) is 6.92 Å². The van der Waals surface area contributed by atoms with Gasteiger partial charge in [-0.05, 0) is 55.5 Å². The third-order valence-corrected chi connectivity index (χ3v) is 4.40. The summed E-state index contributed by atoms with van der Waals surface area (Å²) < 4.78 is 7.18. The molecule has 6 heteroatoms. The molecule has 0 atom stereocenters. The van der Waals surface area contributed by atoms with Gasteiger partial charge in [-0.15, -0.1) is 0 Å². The van der Waals surface area contributed by atoms with E-state index in [0.29, 0.717) is 11.3 Å². The van der Waals surface area contributed by atoms with E-state index in [1.54, 1.807) is 25.4 Å². The van der Waals surface area contributed by atoms with Crippen LogP contribution in [0.4, 0.5) is 5.69 Å². The number of carbonyl (C=O) groups excluding carboxylic acids is 1. The number of anilines is 1. The molecule has 0 unspecified atom stereocenters. The van der Waals surface area contributed by atoms with Crippen molar-refractivity contribution in [2.24, 2.45) is 0 Å². The predicted octanol–water partition coefficient (Wildman–Crippen LogP) is 3.97. The first kappa shape index (κ1) is 16.8. The molecule has 0 bridgehead atoms. The fourth-order valence-electron chi connectivity index (χ4n) is 2.96. The maximum absolute atomic E-state index is 12.3. The average molecular weight is 358 g/mol. The average Bonchev–Trinajstić information content (AvgIpc) is 3.05. The number of hydrogen-bond donors (Lipinski definition) is 1. The van der Waals surface area contributed by atoms with Crippen LogP contribution in [0.1, 0.15) is 16.1 Å². The lowest BCUT2D eigenvalue weighted by atomic mass is 10.1. The van der Waals surface area contributed by atoms with E-state index in [9.17, 15) is 4.79 Å². The smallest absolute Gasteiger partial charge is 0.257 e. The van der Waals surface area contributed by atoms with Gasteiger partial charge in [0.25, 0.3) is 5.91 Å². The van der Waals surface area contributed by atoms with Crippen LogP contribution in [-0.4, -0.2) is 27.4 Å². The minimum atomic E-state index is -0.199. The number of amides is 1. The first-order valence-electron chi connectivity index (χ1n) is 8.50. The van der Waals surface area contributed by atoms with Gasteiger partial charge >= 0.3 is 0 Å². The highest BCUT2D eigenvalue weighted by Gasteiger charge is 2.12. The molecule has 6 nitrogen and oxygen atoms in total. The van der Waals surface area contributed by atoms with Gasteiger partial charge in [-0.3, -0.25) is 9.78 Å². The molecule has 1 aromatic carbocycles. The number of fused-ring (bicyclic) bond motifs is 1. The van der Waals surface area contributed by atoms with Crippen molar-refractivity contribution < 1.29 is 9.53 Å². The van der Waals surface area contributed by atoms with Gasteiger partial charge in [-0.2, -0.15) is 0 Å². The summed E-state index contributed by atoms with van der Waals surface area (Å²) in [7, 11) is 1.65. The molecule has 4 aromatic rings. The number of benzene rings is 1. The van der Waals surface area contributed by atoms with Gasteiger partial charge in [0, 0.05) is 29.8 Å². The lowest BCUT2D eigenvalue weighted by molar-refractivity contribution is 0.102. The highest BCUT2D eigenvalue weighted by atomic mass is 16.5. The van der Waals surface area contributed by atoms with Crippen molar-refractivity contribution in [1.29, 1.82) is 0 Å². The van der Waals surface area contributed by atoms with Gasteiger partial charge in [0.1, 0.15) is 11.4 Å². The molecule has 0 spiro atoms. The second kappa shape index (κ2) is 6.92. The zero-order valence-electron chi connectivity index (χ0n) is 15.0. The highest BCUT2D eigenvalue weighted by molar-refractivity contribution is 6.04. The van der Waals surface area contributed by atoms with Crippen LogP contribution in [0.25, 0.3) is 16.9 Å². The van der Waals surface area contributed by atoms with Gasteiger partial charge in [0.15, 0.2) is 0 Å². The van der Waals surface area contributed by atoms with Crippen molar-refractivity contribution in [3.8, 4) is 17.0 Å². The van der Waals surface area contributed by atoms with E-state index in [0.717, 1.165) is 28.3 Å². The molecular formula is C21H18N4O2. The first-order chi connectivity index (χ1) is 13.2. The molecule has 0 radical (unpaired) electrons. The molecule has 0 saturated heterocycles. The van der Waals surface area contributed by atoms with Crippen LogP contribution in [-0.2, 0) is 0 Å². The van der Waals surface area contributed by atoms with E-state index in [1.165, 1.54) is 6.20 Å². The predicted molar refractivity (Wildman–Crippen MR) is 104 cm³/mol. The highest BCUT2D eigenvalue weighted by Crippen LogP contribution is 2.26. The van der Waals surface area contributed by atoms with E-state index >= 15 is 0 Å². The summed E-state index contributed by atoms with van der Waals surface area (Å²) in [4.78, 5) is 21.0. The fourth-order valence-corrected chi connectivity index (χ4v) is 2.96. The van der Waals surface area contributed by atoms with E-state index in [-0.39, 0.29) is 5.91 Å². The number of rotatable bonds is 4. The monoisotopic (exact) mass is 358 g/mol. The summed E-state index contributed by atoms with van der Waals surface area (Å²) in [6.07, 6.45) is 5.05. The SMILES string of the molecule is COc1ccc(-c2nc3ccc(NC(=O)c4cccnc4)cn3c2C)cc1. The Morgan fingerprint density at radius 2 is 1.93 bits per heavy atom. The summed E-state index contributed by atoms with van der Waals surface area (Å²) in [5.74, 6) is 0.608. The Morgan fingerprint density at radius 3 is 2.63 bits per heavy atom. The number of aromatic nitrogens is 3. The number of hydrogen-bond acceptors (Lipinski definition) is 4. The molecule has 134 valence electrons. The minimum absolute atomic E-state index is 0.199. The van der Waals surface area contributed by atoms with E-state index in [1.807, 2.05) is 53.9 Å². The van der Waals surface area contributed by atoms with Crippen molar-refractivity contribution in [2.75, 3.05) is 12.4 Å².